The van der Waals surface area contributed by atoms with E-state index in [2.05, 4.69) is 0 Å². The zero-order valence-corrected chi connectivity index (χ0v) is 20.8. The van der Waals surface area contributed by atoms with Gasteiger partial charge in [-0.15, -0.1) is 0 Å². The molecule has 32 heavy (non-hydrogen) atoms. The van der Waals surface area contributed by atoms with Crippen molar-refractivity contribution in [2.24, 2.45) is 0 Å². The highest BCUT2D eigenvalue weighted by Crippen LogP contribution is 2.61. The largest absolute Gasteiger partial charge is 1.00 e. The lowest BCUT2D eigenvalue weighted by molar-refractivity contribution is -0.149. The van der Waals surface area contributed by atoms with E-state index in [1.165, 1.54) is 0 Å². The third-order valence-electron chi connectivity index (χ3n) is 5.18. The van der Waals surface area contributed by atoms with E-state index in [-0.39, 0.29) is 42.6 Å². The van der Waals surface area contributed by atoms with Crippen LogP contribution in [0.1, 0.15) is 20.3 Å². The third-order valence-corrected chi connectivity index (χ3v) is 9.85. The van der Waals surface area contributed by atoms with Gasteiger partial charge in [-0.3, -0.25) is 4.79 Å². The summed E-state index contributed by atoms with van der Waals surface area (Å²) >= 11 is 0. The molecule has 3 aromatic carbocycles. The number of esters is 2. The second kappa shape index (κ2) is 12.5. The van der Waals surface area contributed by atoms with Crippen molar-refractivity contribution in [3.8, 4) is 0 Å². The van der Waals surface area contributed by atoms with Crippen LogP contribution in [0.3, 0.4) is 0 Å². The summed E-state index contributed by atoms with van der Waals surface area (Å²) in [6.07, 6.45) is -0.0425. The van der Waals surface area contributed by atoms with Crippen molar-refractivity contribution in [1.82, 2.24) is 0 Å². The molecule has 0 saturated carbocycles. The summed E-state index contributed by atoms with van der Waals surface area (Å²) in [5.74, 6) is -0.770. The quantitative estimate of drug-likeness (QED) is 0.314. The van der Waals surface area contributed by atoms with Gasteiger partial charge in [0.25, 0.3) is 0 Å². The number of hydrogen-bond donors (Lipinski definition) is 0. The average Bonchev–Trinajstić information content (AvgIpc) is 2.81. The minimum atomic E-state index is -2.60. The fourth-order valence-electron chi connectivity index (χ4n) is 3.97. The molecule has 0 amide bonds. The lowest BCUT2D eigenvalue weighted by Gasteiger charge is -2.33. The number of carbonyl (C=O) groups excluding carboxylic acids is 2. The minimum Gasteiger partial charge on any atom is -1.00 e. The van der Waals surface area contributed by atoms with Crippen molar-refractivity contribution in [2.45, 2.75) is 25.9 Å². The standard InChI is InChI=1S/C26H28O4P.BrH/c1-3-29-25(27)20-24(26(28)30-4-2)31(21-14-8-5-9-15-21,22-16-10-6-11-17-22)23-18-12-7-13-19-23;/h5-19,24H,3-4,20H2,1-2H3;1H/q+1;/p-1. The molecule has 168 valence electrons. The second-order valence-electron chi connectivity index (χ2n) is 7.01. The molecule has 0 aliphatic rings. The van der Waals surface area contributed by atoms with Gasteiger partial charge in [-0.25, -0.2) is 4.79 Å². The summed E-state index contributed by atoms with van der Waals surface area (Å²) in [4.78, 5) is 26.1. The normalized spacial score (nSPS) is 11.7. The van der Waals surface area contributed by atoms with Crippen LogP contribution < -0.4 is 32.9 Å². The Morgan fingerprint density at radius 1 is 0.688 bits per heavy atom. The van der Waals surface area contributed by atoms with Crippen LogP contribution >= 0.6 is 7.26 Å². The fourth-order valence-corrected chi connectivity index (χ4v) is 8.69. The van der Waals surface area contributed by atoms with Gasteiger partial charge in [-0.05, 0) is 50.2 Å². The highest BCUT2D eigenvalue weighted by atomic mass is 79.9. The highest BCUT2D eigenvalue weighted by molar-refractivity contribution is 7.96. The Labute approximate surface area is 201 Å². The van der Waals surface area contributed by atoms with E-state index in [0.717, 1.165) is 15.9 Å². The summed E-state index contributed by atoms with van der Waals surface area (Å²) in [5.41, 5.74) is -0.696. The molecule has 3 aromatic rings. The van der Waals surface area contributed by atoms with Crippen molar-refractivity contribution >= 4 is 35.1 Å². The minimum absolute atomic E-state index is 0. The van der Waals surface area contributed by atoms with E-state index in [1.807, 2.05) is 91.0 Å². The van der Waals surface area contributed by atoms with Crippen LogP contribution in [0.2, 0.25) is 0 Å². The van der Waals surface area contributed by atoms with E-state index in [0.29, 0.717) is 0 Å². The molecule has 0 saturated heterocycles. The topological polar surface area (TPSA) is 52.6 Å². The average molecular weight is 515 g/mol. The van der Waals surface area contributed by atoms with Crippen molar-refractivity contribution in [2.75, 3.05) is 13.2 Å². The molecule has 0 aliphatic carbocycles. The SMILES string of the molecule is CCOC(=O)CC(C(=O)OCC)[P+](c1ccccc1)(c1ccccc1)c1ccccc1.[Br-]. The first-order chi connectivity index (χ1) is 15.1. The van der Waals surface area contributed by atoms with E-state index in [9.17, 15) is 9.59 Å². The van der Waals surface area contributed by atoms with Crippen molar-refractivity contribution < 1.29 is 36.0 Å². The predicted molar refractivity (Wildman–Crippen MR) is 127 cm³/mol. The summed E-state index contributed by atoms with van der Waals surface area (Å²) < 4.78 is 10.8. The van der Waals surface area contributed by atoms with Crippen LogP contribution in [-0.4, -0.2) is 30.8 Å². The maximum Gasteiger partial charge on any atom is 0.348 e. The smallest absolute Gasteiger partial charge is 0.348 e. The Hall–Kier alpha value is -2.49. The molecule has 0 spiro atoms. The van der Waals surface area contributed by atoms with E-state index in [1.54, 1.807) is 13.8 Å². The molecule has 4 nitrogen and oxygen atoms in total. The first-order valence-corrected chi connectivity index (χ1v) is 12.4. The lowest BCUT2D eigenvalue weighted by atomic mass is 10.3. The Kier molecular flexibility index (Phi) is 10.1. The maximum absolute atomic E-state index is 13.4. The Morgan fingerprint density at radius 3 is 1.41 bits per heavy atom. The molecular formula is C26H28BrO4P. The van der Waals surface area contributed by atoms with Crippen LogP contribution in [0.5, 0.6) is 0 Å². The van der Waals surface area contributed by atoms with Crippen LogP contribution in [0.25, 0.3) is 0 Å². The van der Waals surface area contributed by atoms with Gasteiger partial charge in [0.2, 0.25) is 0 Å². The van der Waals surface area contributed by atoms with Crippen molar-refractivity contribution in [3.63, 3.8) is 0 Å². The van der Waals surface area contributed by atoms with Gasteiger partial charge >= 0.3 is 11.9 Å². The second-order valence-corrected chi connectivity index (χ2v) is 10.6. The van der Waals surface area contributed by atoms with Gasteiger partial charge in [0.15, 0.2) is 5.66 Å². The number of halogens is 1. The van der Waals surface area contributed by atoms with Gasteiger partial charge in [-0.1, -0.05) is 54.6 Å². The zero-order chi connectivity index (χ0) is 22.1. The summed E-state index contributed by atoms with van der Waals surface area (Å²) in [6.45, 7) is 4.07. The molecular weight excluding hydrogens is 487 g/mol. The van der Waals surface area contributed by atoms with Crippen LogP contribution in [0, 0.1) is 0 Å². The molecule has 0 N–H and O–H groups in total. The van der Waals surface area contributed by atoms with Gasteiger partial charge < -0.3 is 26.5 Å². The Bertz CT molecular complexity index is 884. The molecule has 1 atom stereocenters. The number of carbonyl (C=O) groups is 2. The molecule has 0 bridgehead atoms. The van der Waals surface area contributed by atoms with E-state index in [4.69, 9.17) is 9.47 Å². The first-order valence-electron chi connectivity index (χ1n) is 10.5. The van der Waals surface area contributed by atoms with E-state index >= 15 is 0 Å². The van der Waals surface area contributed by atoms with Gasteiger partial charge in [-0.2, -0.15) is 0 Å². The number of benzene rings is 3. The highest BCUT2D eigenvalue weighted by Gasteiger charge is 2.57. The molecule has 0 aliphatic heterocycles. The molecule has 0 fully saturated rings. The van der Waals surface area contributed by atoms with Gasteiger partial charge in [0.1, 0.15) is 23.2 Å². The van der Waals surface area contributed by atoms with Gasteiger partial charge in [0, 0.05) is 0 Å². The lowest BCUT2D eigenvalue weighted by Crippen LogP contribution is -3.00. The van der Waals surface area contributed by atoms with Crippen LogP contribution in [0.15, 0.2) is 91.0 Å². The first kappa shape index (κ1) is 25.8. The number of ether oxygens (including phenoxy) is 2. The van der Waals surface area contributed by atoms with Crippen molar-refractivity contribution in [3.05, 3.63) is 91.0 Å². The van der Waals surface area contributed by atoms with Crippen LogP contribution in [0.4, 0.5) is 0 Å². The summed E-state index contributed by atoms with van der Waals surface area (Å²) in [5, 5.41) is 3.07. The molecule has 1 unspecified atom stereocenters. The molecule has 0 radical (unpaired) electrons. The monoisotopic (exact) mass is 514 g/mol. The summed E-state index contributed by atoms with van der Waals surface area (Å²) in [7, 11) is -2.60. The maximum atomic E-state index is 13.4. The Morgan fingerprint density at radius 2 is 1.06 bits per heavy atom. The molecule has 3 rings (SSSR count). The molecule has 0 heterocycles. The number of rotatable bonds is 9. The molecule has 0 aromatic heterocycles. The van der Waals surface area contributed by atoms with Crippen LogP contribution in [-0.2, 0) is 19.1 Å². The zero-order valence-electron chi connectivity index (χ0n) is 18.3. The summed E-state index contributed by atoms with van der Waals surface area (Å²) in [6, 6.07) is 30.0. The fraction of sp³-hybridized carbons (Fsp3) is 0.231. The van der Waals surface area contributed by atoms with E-state index < -0.39 is 18.9 Å². The third kappa shape index (κ3) is 5.46. The molecule has 6 heteroatoms. The van der Waals surface area contributed by atoms with Crippen molar-refractivity contribution in [1.29, 1.82) is 0 Å². The predicted octanol–water partition coefficient (Wildman–Crippen LogP) is 0.869. The Balaban J connectivity index is 0.00000363. The van der Waals surface area contributed by atoms with Gasteiger partial charge in [0.05, 0.1) is 19.6 Å². The number of hydrogen-bond acceptors (Lipinski definition) is 4.